The number of carbonyl (C=O) groups excluding carboxylic acids is 2. The zero-order valence-electron chi connectivity index (χ0n) is 14.8. The smallest absolute Gasteiger partial charge is 0.335 e. The molecule has 9 heteroatoms. The van der Waals surface area contributed by atoms with Crippen LogP contribution in [0.15, 0.2) is 48.5 Å². The number of hydrogen-bond acceptors (Lipinski definition) is 5. The van der Waals surface area contributed by atoms with Gasteiger partial charge < -0.3 is 14.9 Å². The minimum absolute atomic E-state index is 0.0327. The molecule has 0 saturated carbocycles. The monoisotopic (exact) mass is 383 g/mol. The fourth-order valence-electron chi connectivity index (χ4n) is 3.02. The van der Waals surface area contributed by atoms with Crippen LogP contribution in [0.25, 0.3) is 0 Å². The Morgan fingerprint density at radius 2 is 1.29 bits per heavy atom. The van der Waals surface area contributed by atoms with E-state index in [1.165, 1.54) is 47.4 Å². The maximum atomic E-state index is 12.6. The second kappa shape index (κ2) is 7.87. The number of non-ortho nitro benzene ring substituents is 1. The molecule has 0 spiro atoms. The lowest BCUT2D eigenvalue weighted by Gasteiger charge is -2.34. The Labute approximate surface area is 159 Å². The summed E-state index contributed by atoms with van der Waals surface area (Å²) in [6, 6.07) is 11.3. The van der Waals surface area contributed by atoms with E-state index in [-0.39, 0.29) is 60.4 Å². The molecule has 3 rings (SSSR count). The SMILES string of the molecule is O=C(O)c1cccc(C(=O)N2CCN(C(=O)c3cccc([N+](=O)[O-])c3)CC2)c1. The van der Waals surface area contributed by atoms with E-state index >= 15 is 0 Å². The molecular formula is C19H17N3O6. The molecule has 2 aromatic rings. The van der Waals surface area contributed by atoms with Crippen molar-refractivity contribution in [2.75, 3.05) is 26.2 Å². The molecule has 1 saturated heterocycles. The lowest BCUT2D eigenvalue weighted by molar-refractivity contribution is -0.384. The van der Waals surface area contributed by atoms with Crippen molar-refractivity contribution < 1.29 is 24.4 Å². The number of nitro benzene ring substituents is 1. The molecule has 0 unspecified atom stereocenters. The molecule has 2 aromatic carbocycles. The minimum Gasteiger partial charge on any atom is -0.478 e. The van der Waals surface area contributed by atoms with Crippen molar-refractivity contribution in [3.05, 3.63) is 75.3 Å². The standard InChI is InChI=1S/C19H17N3O6/c23-17(13-3-1-5-15(11-13)19(25)26)20-7-9-21(10-8-20)18(24)14-4-2-6-16(12-14)22(27)28/h1-6,11-12H,7-10H2,(H,25,26). The zero-order chi connectivity index (χ0) is 20.3. The normalized spacial score (nSPS) is 13.9. The van der Waals surface area contributed by atoms with Crippen LogP contribution in [0.2, 0.25) is 0 Å². The number of benzene rings is 2. The molecule has 9 nitrogen and oxygen atoms in total. The highest BCUT2D eigenvalue weighted by molar-refractivity contribution is 5.98. The summed E-state index contributed by atoms with van der Waals surface area (Å²) in [6.45, 7) is 1.14. The van der Waals surface area contributed by atoms with Gasteiger partial charge in [0.25, 0.3) is 17.5 Å². The van der Waals surface area contributed by atoms with E-state index in [1.54, 1.807) is 11.0 Å². The summed E-state index contributed by atoms with van der Waals surface area (Å²) >= 11 is 0. The summed E-state index contributed by atoms with van der Waals surface area (Å²) in [5.74, 6) is -1.74. The van der Waals surface area contributed by atoms with Gasteiger partial charge in [0.05, 0.1) is 10.5 Å². The molecular weight excluding hydrogens is 366 g/mol. The van der Waals surface area contributed by atoms with E-state index in [4.69, 9.17) is 5.11 Å². The number of piperazine rings is 1. The van der Waals surface area contributed by atoms with Gasteiger partial charge in [0.1, 0.15) is 0 Å². The van der Waals surface area contributed by atoms with Gasteiger partial charge in [-0.2, -0.15) is 0 Å². The van der Waals surface area contributed by atoms with Gasteiger partial charge in [0, 0.05) is 49.4 Å². The van der Waals surface area contributed by atoms with Crippen LogP contribution in [0.1, 0.15) is 31.1 Å². The van der Waals surface area contributed by atoms with E-state index < -0.39 is 10.9 Å². The topological polar surface area (TPSA) is 121 Å². The number of rotatable bonds is 4. The van der Waals surface area contributed by atoms with Gasteiger partial charge in [-0.1, -0.05) is 12.1 Å². The quantitative estimate of drug-likeness (QED) is 0.636. The summed E-state index contributed by atoms with van der Waals surface area (Å²) in [7, 11) is 0. The van der Waals surface area contributed by atoms with Crippen molar-refractivity contribution in [1.29, 1.82) is 0 Å². The van der Waals surface area contributed by atoms with E-state index in [1.807, 2.05) is 0 Å². The highest BCUT2D eigenvalue weighted by Crippen LogP contribution is 2.17. The van der Waals surface area contributed by atoms with Gasteiger partial charge in [-0.15, -0.1) is 0 Å². The Balaban J connectivity index is 1.65. The van der Waals surface area contributed by atoms with Crippen LogP contribution < -0.4 is 0 Å². The predicted octanol–water partition coefficient (Wildman–Crippen LogP) is 1.89. The number of carboxylic acid groups (broad SMARTS) is 1. The molecule has 144 valence electrons. The van der Waals surface area contributed by atoms with Gasteiger partial charge in [-0.3, -0.25) is 19.7 Å². The van der Waals surface area contributed by atoms with Crippen molar-refractivity contribution in [1.82, 2.24) is 9.80 Å². The lowest BCUT2D eigenvalue weighted by Crippen LogP contribution is -2.50. The zero-order valence-corrected chi connectivity index (χ0v) is 14.8. The first kappa shape index (κ1) is 19.0. The van der Waals surface area contributed by atoms with Crippen molar-refractivity contribution in [3.8, 4) is 0 Å². The molecule has 0 atom stereocenters. The van der Waals surface area contributed by atoms with Gasteiger partial charge in [0.2, 0.25) is 0 Å². The van der Waals surface area contributed by atoms with Crippen LogP contribution in [-0.4, -0.2) is 63.8 Å². The van der Waals surface area contributed by atoms with Crippen molar-refractivity contribution in [2.24, 2.45) is 0 Å². The van der Waals surface area contributed by atoms with Crippen LogP contribution in [0, 0.1) is 10.1 Å². The Bertz CT molecular complexity index is 873. The fourth-order valence-corrected chi connectivity index (χ4v) is 3.02. The maximum Gasteiger partial charge on any atom is 0.335 e. The maximum absolute atomic E-state index is 12.6. The van der Waals surface area contributed by atoms with E-state index in [0.717, 1.165) is 0 Å². The second-order valence-electron chi connectivity index (χ2n) is 6.28. The van der Waals surface area contributed by atoms with E-state index in [0.29, 0.717) is 0 Å². The number of hydrogen-bond donors (Lipinski definition) is 1. The first-order valence-corrected chi connectivity index (χ1v) is 8.53. The summed E-state index contributed by atoms with van der Waals surface area (Å²) in [5, 5.41) is 19.9. The van der Waals surface area contributed by atoms with Crippen molar-refractivity contribution in [3.63, 3.8) is 0 Å². The summed E-state index contributed by atoms with van der Waals surface area (Å²) in [6.07, 6.45) is 0. The molecule has 1 aliphatic rings. The molecule has 0 aromatic heterocycles. The molecule has 0 bridgehead atoms. The third-order valence-electron chi connectivity index (χ3n) is 4.51. The number of carboxylic acids is 1. The van der Waals surface area contributed by atoms with Gasteiger partial charge in [-0.05, 0) is 24.3 Å². The van der Waals surface area contributed by atoms with Gasteiger partial charge in [0.15, 0.2) is 0 Å². The number of nitro groups is 1. The van der Waals surface area contributed by atoms with Crippen LogP contribution in [0.5, 0.6) is 0 Å². The Morgan fingerprint density at radius 1 is 0.821 bits per heavy atom. The average molecular weight is 383 g/mol. The fraction of sp³-hybridized carbons (Fsp3) is 0.211. The first-order valence-electron chi connectivity index (χ1n) is 8.53. The van der Waals surface area contributed by atoms with E-state index in [2.05, 4.69) is 0 Å². The van der Waals surface area contributed by atoms with E-state index in [9.17, 15) is 24.5 Å². The van der Waals surface area contributed by atoms with Crippen LogP contribution in [0.3, 0.4) is 0 Å². The van der Waals surface area contributed by atoms with Crippen LogP contribution in [0.4, 0.5) is 5.69 Å². The third kappa shape index (κ3) is 3.98. The number of aromatic carboxylic acids is 1. The summed E-state index contributed by atoms with van der Waals surface area (Å²) < 4.78 is 0. The largest absolute Gasteiger partial charge is 0.478 e. The minimum atomic E-state index is -1.11. The highest BCUT2D eigenvalue weighted by Gasteiger charge is 2.26. The number of nitrogens with zero attached hydrogens (tertiary/aromatic N) is 3. The Kier molecular flexibility index (Phi) is 5.35. The molecule has 0 aliphatic carbocycles. The van der Waals surface area contributed by atoms with Gasteiger partial charge in [-0.25, -0.2) is 4.79 Å². The predicted molar refractivity (Wildman–Crippen MR) is 98.3 cm³/mol. The Hall–Kier alpha value is -3.75. The molecule has 2 amide bonds. The molecule has 1 heterocycles. The van der Waals surface area contributed by atoms with Crippen LogP contribution in [-0.2, 0) is 0 Å². The molecule has 1 fully saturated rings. The molecule has 0 radical (unpaired) electrons. The van der Waals surface area contributed by atoms with Gasteiger partial charge >= 0.3 is 5.97 Å². The van der Waals surface area contributed by atoms with Crippen molar-refractivity contribution >= 4 is 23.5 Å². The second-order valence-corrected chi connectivity index (χ2v) is 6.28. The number of amides is 2. The average Bonchev–Trinajstić information content (AvgIpc) is 2.73. The molecule has 1 N–H and O–H groups in total. The molecule has 28 heavy (non-hydrogen) atoms. The third-order valence-corrected chi connectivity index (χ3v) is 4.51. The number of carbonyl (C=O) groups is 3. The summed E-state index contributed by atoms with van der Waals surface area (Å²) in [5.41, 5.74) is 0.379. The Morgan fingerprint density at radius 3 is 1.79 bits per heavy atom. The molecule has 1 aliphatic heterocycles. The summed E-state index contributed by atoms with van der Waals surface area (Å²) in [4.78, 5) is 49.6. The van der Waals surface area contributed by atoms with Crippen molar-refractivity contribution in [2.45, 2.75) is 0 Å². The lowest BCUT2D eigenvalue weighted by atomic mass is 10.1. The highest BCUT2D eigenvalue weighted by atomic mass is 16.6. The van der Waals surface area contributed by atoms with Crippen LogP contribution >= 0.6 is 0 Å². The first-order chi connectivity index (χ1) is 13.4.